The van der Waals surface area contributed by atoms with Crippen molar-refractivity contribution < 1.29 is 9.59 Å². The van der Waals surface area contributed by atoms with Crippen LogP contribution in [0.2, 0.25) is 0 Å². The minimum absolute atomic E-state index is 0.142. The van der Waals surface area contributed by atoms with E-state index in [0.717, 1.165) is 58.2 Å². The number of likely N-dealkylation sites (tertiary alicyclic amines) is 1. The molecule has 0 bridgehead atoms. The van der Waals surface area contributed by atoms with Crippen LogP contribution >= 0.6 is 0 Å². The minimum atomic E-state index is 0.142. The number of rotatable bonds is 4. The van der Waals surface area contributed by atoms with Gasteiger partial charge in [0.2, 0.25) is 5.91 Å². The molecule has 1 saturated heterocycles. The molecule has 1 aliphatic carbocycles. The fraction of sp³-hybridized carbons (Fsp3) is 0.857. The third-order valence-corrected chi connectivity index (χ3v) is 4.35. The van der Waals surface area contributed by atoms with Crippen molar-refractivity contribution in [3.05, 3.63) is 0 Å². The largest absolute Gasteiger partial charge is 0.359 e. The maximum absolute atomic E-state index is 11.6. The molecule has 18 heavy (non-hydrogen) atoms. The second-order valence-corrected chi connectivity index (χ2v) is 5.60. The smallest absolute Gasteiger partial charge is 0.224 e. The molecule has 2 rings (SSSR count). The van der Waals surface area contributed by atoms with E-state index in [0.29, 0.717) is 11.7 Å². The molecule has 0 aromatic carbocycles. The van der Waals surface area contributed by atoms with Gasteiger partial charge in [0.1, 0.15) is 5.78 Å². The van der Waals surface area contributed by atoms with Crippen LogP contribution in [0, 0.1) is 11.8 Å². The van der Waals surface area contributed by atoms with E-state index in [1.807, 2.05) is 0 Å². The van der Waals surface area contributed by atoms with Crippen LogP contribution in [-0.4, -0.2) is 43.3 Å². The highest BCUT2D eigenvalue weighted by Crippen LogP contribution is 2.25. The first-order valence-electron chi connectivity index (χ1n) is 7.17. The number of hydrogen-bond donors (Lipinski definition) is 1. The van der Waals surface area contributed by atoms with Gasteiger partial charge in [-0.3, -0.25) is 9.59 Å². The van der Waals surface area contributed by atoms with E-state index in [9.17, 15) is 9.59 Å². The van der Waals surface area contributed by atoms with Crippen LogP contribution < -0.4 is 5.32 Å². The average Bonchev–Trinajstić information content (AvgIpc) is 2.81. The van der Waals surface area contributed by atoms with Crippen molar-refractivity contribution >= 4 is 11.7 Å². The number of Topliss-reactive ketones (excluding diaryl/α,β-unsaturated/α-hetero) is 1. The van der Waals surface area contributed by atoms with Crippen LogP contribution in [0.4, 0.5) is 0 Å². The normalized spacial score (nSPS) is 29.5. The second kappa shape index (κ2) is 6.32. The van der Waals surface area contributed by atoms with Gasteiger partial charge in [-0.05, 0) is 45.2 Å². The summed E-state index contributed by atoms with van der Waals surface area (Å²) in [6, 6.07) is 0. The van der Waals surface area contributed by atoms with Crippen LogP contribution in [0.15, 0.2) is 0 Å². The molecular formula is C14H24N2O2. The third-order valence-electron chi connectivity index (χ3n) is 4.35. The topological polar surface area (TPSA) is 49.4 Å². The Hall–Kier alpha value is -0.900. The van der Waals surface area contributed by atoms with Crippen molar-refractivity contribution in [2.24, 2.45) is 11.8 Å². The molecule has 102 valence electrons. The Labute approximate surface area is 109 Å². The molecule has 0 spiro atoms. The number of nitrogens with zero attached hydrogens (tertiary/aromatic N) is 1. The molecule has 1 N–H and O–H groups in total. The van der Waals surface area contributed by atoms with Gasteiger partial charge in [-0.25, -0.2) is 0 Å². The van der Waals surface area contributed by atoms with E-state index in [-0.39, 0.29) is 11.8 Å². The minimum Gasteiger partial charge on any atom is -0.359 e. The van der Waals surface area contributed by atoms with Crippen molar-refractivity contribution in [2.75, 3.05) is 26.7 Å². The van der Waals surface area contributed by atoms with Gasteiger partial charge < -0.3 is 10.2 Å². The summed E-state index contributed by atoms with van der Waals surface area (Å²) in [5.41, 5.74) is 0. The molecule has 1 heterocycles. The summed E-state index contributed by atoms with van der Waals surface area (Å²) in [7, 11) is 1.71. The number of piperidine rings is 1. The Balaban J connectivity index is 1.75. The van der Waals surface area contributed by atoms with Gasteiger partial charge in [0, 0.05) is 25.9 Å². The molecule has 1 amide bonds. The average molecular weight is 252 g/mol. The SMILES string of the molecule is CNC(=O)C1CCCN(CCC2CCCC2=O)C1. The first-order chi connectivity index (χ1) is 8.70. The number of carbonyl (C=O) groups is 2. The lowest BCUT2D eigenvalue weighted by molar-refractivity contribution is -0.126. The van der Waals surface area contributed by atoms with Gasteiger partial charge in [-0.1, -0.05) is 0 Å². The van der Waals surface area contributed by atoms with Crippen molar-refractivity contribution in [1.29, 1.82) is 0 Å². The quantitative estimate of drug-likeness (QED) is 0.818. The van der Waals surface area contributed by atoms with E-state index in [4.69, 9.17) is 0 Å². The van der Waals surface area contributed by atoms with Crippen LogP contribution in [0.1, 0.15) is 38.5 Å². The highest BCUT2D eigenvalue weighted by Gasteiger charge is 2.28. The fourth-order valence-electron chi connectivity index (χ4n) is 3.21. The lowest BCUT2D eigenvalue weighted by Crippen LogP contribution is -2.42. The molecule has 0 aromatic heterocycles. The molecule has 2 atom stereocenters. The van der Waals surface area contributed by atoms with E-state index >= 15 is 0 Å². The van der Waals surface area contributed by atoms with Gasteiger partial charge in [0.05, 0.1) is 5.92 Å². The summed E-state index contributed by atoms with van der Waals surface area (Å²) in [5.74, 6) is 1.06. The monoisotopic (exact) mass is 252 g/mol. The summed E-state index contributed by atoms with van der Waals surface area (Å²) in [5, 5.41) is 2.74. The van der Waals surface area contributed by atoms with Gasteiger partial charge >= 0.3 is 0 Å². The predicted octanol–water partition coefficient (Wildman–Crippen LogP) is 1.20. The summed E-state index contributed by atoms with van der Waals surface area (Å²) in [4.78, 5) is 25.6. The zero-order valence-corrected chi connectivity index (χ0v) is 11.3. The van der Waals surface area contributed by atoms with Crippen molar-refractivity contribution in [2.45, 2.75) is 38.5 Å². The molecule has 0 aromatic rings. The second-order valence-electron chi connectivity index (χ2n) is 5.60. The van der Waals surface area contributed by atoms with Crippen molar-refractivity contribution in [3.8, 4) is 0 Å². The van der Waals surface area contributed by atoms with E-state index in [1.165, 1.54) is 0 Å². The number of hydrogen-bond acceptors (Lipinski definition) is 3. The lowest BCUT2D eigenvalue weighted by atomic mass is 9.96. The maximum atomic E-state index is 11.6. The third kappa shape index (κ3) is 3.31. The van der Waals surface area contributed by atoms with E-state index in [2.05, 4.69) is 10.2 Å². The molecule has 2 fully saturated rings. The first-order valence-corrected chi connectivity index (χ1v) is 7.17. The van der Waals surface area contributed by atoms with Crippen LogP contribution in [0.5, 0.6) is 0 Å². The van der Waals surface area contributed by atoms with Crippen LogP contribution in [0.3, 0.4) is 0 Å². The lowest BCUT2D eigenvalue weighted by Gasteiger charge is -2.32. The summed E-state index contributed by atoms with van der Waals surface area (Å²) >= 11 is 0. The standard InChI is InChI=1S/C14H24N2O2/c1-15-14(18)12-5-3-8-16(10-12)9-7-11-4-2-6-13(11)17/h11-12H,2-10H2,1H3,(H,15,18). The molecule has 0 radical (unpaired) electrons. The Morgan fingerprint density at radius 1 is 1.39 bits per heavy atom. The molecular weight excluding hydrogens is 228 g/mol. The molecule has 2 unspecified atom stereocenters. The van der Waals surface area contributed by atoms with E-state index < -0.39 is 0 Å². The highest BCUT2D eigenvalue weighted by molar-refractivity contribution is 5.82. The van der Waals surface area contributed by atoms with Gasteiger partial charge in [0.25, 0.3) is 0 Å². The summed E-state index contributed by atoms with van der Waals surface area (Å²) in [6.07, 6.45) is 6.01. The Kier molecular flexibility index (Phi) is 4.75. The summed E-state index contributed by atoms with van der Waals surface area (Å²) in [6.45, 7) is 2.92. The van der Waals surface area contributed by atoms with Crippen molar-refractivity contribution in [3.63, 3.8) is 0 Å². The first kappa shape index (κ1) is 13.5. The Morgan fingerprint density at radius 3 is 2.89 bits per heavy atom. The summed E-state index contributed by atoms with van der Waals surface area (Å²) < 4.78 is 0. The molecule has 4 nitrogen and oxygen atoms in total. The highest BCUT2D eigenvalue weighted by atomic mass is 16.1. The van der Waals surface area contributed by atoms with E-state index in [1.54, 1.807) is 7.05 Å². The number of nitrogens with one attached hydrogen (secondary N) is 1. The Bertz CT molecular complexity index is 317. The number of carbonyl (C=O) groups excluding carboxylic acids is 2. The van der Waals surface area contributed by atoms with Crippen LogP contribution in [0.25, 0.3) is 0 Å². The number of ketones is 1. The molecule has 1 saturated carbocycles. The van der Waals surface area contributed by atoms with Gasteiger partial charge in [-0.2, -0.15) is 0 Å². The zero-order chi connectivity index (χ0) is 13.0. The molecule has 2 aliphatic rings. The van der Waals surface area contributed by atoms with Gasteiger partial charge in [-0.15, -0.1) is 0 Å². The van der Waals surface area contributed by atoms with Gasteiger partial charge in [0.15, 0.2) is 0 Å². The number of amides is 1. The maximum Gasteiger partial charge on any atom is 0.224 e. The van der Waals surface area contributed by atoms with Crippen molar-refractivity contribution in [1.82, 2.24) is 10.2 Å². The zero-order valence-electron chi connectivity index (χ0n) is 11.3. The predicted molar refractivity (Wildman–Crippen MR) is 70.2 cm³/mol. The fourth-order valence-corrected chi connectivity index (χ4v) is 3.21. The Morgan fingerprint density at radius 2 is 2.22 bits per heavy atom. The van der Waals surface area contributed by atoms with Crippen LogP contribution in [-0.2, 0) is 9.59 Å². The molecule has 1 aliphatic heterocycles. The molecule has 4 heteroatoms.